The molecule has 0 radical (unpaired) electrons. The Labute approximate surface area is 123 Å². The second kappa shape index (κ2) is 5.38. The van der Waals surface area contributed by atoms with Crippen LogP contribution in [0.3, 0.4) is 0 Å². The van der Waals surface area contributed by atoms with E-state index in [-0.39, 0.29) is 17.6 Å². The van der Waals surface area contributed by atoms with Gasteiger partial charge in [-0.05, 0) is 6.92 Å². The number of hydrogen-bond acceptors (Lipinski definition) is 4. The summed E-state index contributed by atoms with van der Waals surface area (Å²) in [6.07, 6.45) is -0.160. The molecule has 100 valence electrons. The van der Waals surface area contributed by atoms with Crippen molar-refractivity contribution >= 4 is 46.2 Å². The van der Waals surface area contributed by atoms with Crippen LogP contribution in [0.5, 0.6) is 0 Å². The topological polar surface area (TPSA) is 77.8 Å². The Kier molecular flexibility index (Phi) is 4.22. The zero-order valence-electron chi connectivity index (χ0n) is 9.80. The molecule has 2 aliphatic heterocycles. The molecule has 1 fully saturated rings. The lowest BCUT2D eigenvalue weighted by Gasteiger charge is -2.44. The van der Waals surface area contributed by atoms with Gasteiger partial charge in [0.2, 0.25) is 5.91 Å². The number of carbonyl (C=O) groups is 2. The monoisotopic (exact) mass is 383 g/mol. The molecule has 7 heteroatoms. The Hall–Kier alpha value is -0.280. The van der Waals surface area contributed by atoms with Gasteiger partial charge in [-0.25, -0.2) is 4.79 Å². The predicted octanol–water partition coefficient (Wildman–Crippen LogP) is 1.06. The first-order valence-corrected chi connectivity index (χ1v) is 8.16. The molecular weight excluding hydrogens is 369 g/mol. The minimum absolute atomic E-state index is 0.122. The molecule has 0 aliphatic carbocycles. The number of carbonyl (C=O) groups excluding carboxylic acids is 1. The number of rotatable bonds is 5. The molecule has 1 saturated heterocycles. The zero-order valence-corrected chi connectivity index (χ0v) is 12.8. The van der Waals surface area contributed by atoms with Crippen molar-refractivity contribution in [1.29, 1.82) is 0 Å². The number of hydrogen-bond donors (Lipinski definition) is 2. The Morgan fingerprint density at radius 3 is 2.83 bits per heavy atom. The third-order valence-corrected chi connectivity index (χ3v) is 5.63. The molecule has 0 bridgehead atoms. The first-order chi connectivity index (χ1) is 8.49. The van der Waals surface area contributed by atoms with E-state index < -0.39 is 18.0 Å². The molecule has 0 aromatic carbocycles. The largest absolute Gasteiger partial charge is 0.477 e. The van der Waals surface area contributed by atoms with Gasteiger partial charge in [-0.3, -0.25) is 4.79 Å². The van der Waals surface area contributed by atoms with Gasteiger partial charge in [0, 0.05) is 21.5 Å². The number of aliphatic hydroxyl groups is 1. The molecule has 3 atom stereocenters. The highest BCUT2D eigenvalue weighted by Gasteiger charge is 2.56. The van der Waals surface area contributed by atoms with Crippen molar-refractivity contribution in [3.8, 4) is 0 Å². The minimum Gasteiger partial charge on any atom is -0.477 e. The Morgan fingerprint density at radius 1 is 1.67 bits per heavy atom. The summed E-state index contributed by atoms with van der Waals surface area (Å²) < 4.78 is 0.928. The number of thioether (sulfide) groups is 1. The van der Waals surface area contributed by atoms with Gasteiger partial charge >= 0.3 is 5.97 Å². The van der Waals surface area contributed by atoms with Gasteiger partial charge in [-0.2, -0.15) is 0 Å². The van der Waals surface area contributed by atoms with Crippen LogP contribution < -0.4 is 0 Å². The number of fused-ring (bicyclic) bond motifs is 1. The molecule has 1 unspecified atom stereocenters. The Morgan fingerprint density at radius 2 is 2.33 bits per heavy atom. The van der Waals surface area contributed by atoms with Crippen molar-refractivity contribution in [1.82, 2.24) is 4.90 Å². The summed E-state index contributed by atoms with van der Waals surface area (Å²) in [4.78, 5) is 25.2. The maximum Gasteiger partial charge on any atom is 0.353 e. The average Bonchev–Trinajstić information content (AvgIpc) is 2.60. The molecule has 18 heavy (non-hydrogen) atoms. The maximum atomic E-state index is 11.9. The maximum absolute atomic E-state index is 11.9. The molecule has 0 aromatic rings. The molecule has 2 N–H and O–H groups in total. The molecule has 1 amide bonds. The number of aliphatic hydroxyl groups excluding tert-OH is 1. The van der Waals surface area contributed by atoms with E-state index in [0.29, 0.717) is 6.42 Å². The van der Waals surface area contributed by atoms with E-state index >= 15 is 0 Å². The lowest BCUT2D eigenvalue weighted by molar-refractivity contribution is -0.161. The van der Waals surface area contributed by atoms with E-state index in [2.05, 4.69) is 22.6 Å². The van der Waals surface area contributed by atoms with E-state index in [1.165, 1.54) is 16.7 Å². The van der Waals surface area contributed by atoms with Crippen LogP contribution in [0.25, 0.3) is 0 Å². The van der Waals surface area contributed by atoms with Gasteiger partial charge in [-0.1, -0.05) is 22.6 Å². The van der Waals surface area contributed by atoms with Crippen LogP contribution in [-0.4, -0.2) is 49.3 Å². The summed E-state index contributed by atoms with van der Waals surface area (Å²) in [5.74, 6) is -0.929. The zero-order chi connectivity index (χ0) is 13.4. The van der Waals surface area contributed by atoms with Crippen LogP contribution in [-0.2, 0) is 9.59 Å². The fraction of sp³-hybridized carbons (Fsp3) is 0.636. The average molecular weight is 383 g/mol. The second-order valence-electron chi connectivity index (χ2n) is 4.36. The lowest BCUT2D eigenvalue weighted by atomic mass is 9.83. The SMILES string of the molecule is C[C@@H](O)[C@@H]1C(=O)N2C(C(=O)O)=C(SCCI)CC12. The van der Waals surface area contributed by atoms with Crippen molar-refractivity contribution in [2.75, 3.05) is 10.2 Å². The highest BCUT2D eigenvalue weighted by atomic mass is 127. The number of β-lactam (4-membered cyclic amide) rings is 1. The normalized spacial score (nSPS) is 28.2. The fourth-order valence-electron chi connectivity index (χ4n) is 2.52. The summed E-state index contributed by atoms with van der Waals surface area (Å²) in [6.45, 7) is 1.58. The minimum atomic E-state index is -1.05. The number of aliphatic carboxylic acids is 1. The van der Waals surface area contributed by atoms with Crippen LogP contribution in [0.2, 0.25) is 0 Å². The molecule has 5 nitrogen and oxygen atoms in total. The molecule has 2 heterocycles. The quantitative estimate of drug-likeness (QED) is 0.422. The van der Waals surface area contributed by atoms with Gasteiger partial charge in [0.1, 0.15) is 5.70 Å². The fourth-order valence-corrected chi connectivity index (χ4v) is 4.12. The number of carboxylic acid groups (broad SMARTS) is 1. The molecule has 0 aromatic heterocycles. The Bertz CT molecular complexity index is 423. The molecule has 0 spiro atoms. The van der Waals surface area contributed by atoms with Crippen molar-refractivity contribution < 1.29 is 19.8 Å². The molecule has 2 aliphatic rings. The number of amides is 1. The standard InChI is InChI=1S/C11H14INO4S/c1-5(14)8-6-4-7(18-3-2-12)9(11(16)17)13(6)10(8)15/h5-6,8,14H,2-4H2,1H3,(H,16,17)/t5-,6?,8+/m1/s1. The summed E-state index contributed by atoms with van der Waals surface area (Å²) >= 11 is 3.73. The van der Waals surface area contributed by atoms with Crippen LogP contribution in [0, 0.1) is 5.92 Å². The van der Waals surface area contributed by atoms with Crippen LogP contribution in [0.15, 0.2) is 10.6 Å². The summed E-state index contributed by atoms with van der Waals surface area (Å²) in [7, 11) is 0. The molecule has 0 saturated carbocycles. The van der Waals surface area contributed by atoms with E-state index in [1.54, 1.807) is 6.92 Å². The highest BCUT2D eigenvalue weighted by molar-refractivity contribution is 14.1. The summed E-state index contributed by atoms with van der Waals surface area (Å²) in [5, 5.41) is 18.8. The van der Waals surface area contributed by atoms with Crippen LogP contribution in [0.4, 0.5) is 0 Å². The van der Waals surface area contributed by atoms with Crippen molar-refractivity contribution in [2.24, 2.45) is 5.92 Å². The lowest BCUT2D eigenvalue weighted by Crippen LogP contribution is -2.61. The second-order valence-corrected chi connectivity index (χ2v) is 6.63. The van der Waals surface area contributed by atoms with Crippen LogP contribution >= 0.6 is 34.4 Å². The first kappa shape index (κ1) is 14.1. The van der Waals surface area contributed by atoms with Gasteiger partial charge < -0.3 is 15.1 Å². The van der Waals surface area contributed by atoms with Crippen LogP contribution in [0.1, 0.15) is 13.3 Å². The van der Waals surface area contributed by atoms with Crippen molar-refractivity contribution in [2.45, 2.75) is 25.5 Å². The van der Waals surface area contributed by atoms with Gasteiger partial charge in [0.25, 0.3) is 0 Å². The van der Waals surface area contributed by atoms with Gasteiger partial charge in [0.05, 0.1) is 18.1 Å². The number of nitrogens with zero attached hydrogens (tertiary/aromatic N) is 1. The summed E-state index contributed by atoms with van der Waals surface area (Å²) in [5.41, 5.74) is 0.122. The number of alkyl halides is 1. The van der Waals surface area contributed by atoms with E-state index in [9.17, 15) is 19.8 Å². The molecule has 2 rings (SSSR count). The smallest absolute Gasteiger partial charge is 0.353 e. The first-order valence-electron chi connectivity index (χ1n) is 5.65. The third-order valence-electron chi connectivity index (χ3n) is 3.24. The molecular formula is C11H14INO4S. The third kappa shape index (κ3) is 2.16. The van der Waals surface area contributed by atoms with Crippen molar-refractivity contribution in [3.63, 3.8) is 0 Å². The van der Waals surface area contributed by atoms with E-state index in [0.717, 1.165) is 15.1 Å². The number of halogens is 1. The summed E-state index contributed by atoms with van der Waals surface area (Å²) in [6, 6.07) is -0.166. The van der Waals surface area contributed by atoms with Crippen molar-refractivity contribution in [3.05, 3.63) is 10.6 Å². The predicted molar refractivity (Wildman–Crippen MR) is 76.4 cm³/mol. The number of carboxylic acids is 1. The highest BCUT2D eigenvalue weighted by Crippen LogP contribution is 2.46. The Balaban J connectivity index is 2.21. The van der Waals surface area contributed by atoms with Gasteiger partial charge in [-0.15, -0.1) is 11.8 Å². The van der Waals surface area contributed by atoms with Gasteiger partial charge in [0.15, 0.2) is 0 Å². The van der Waals surface area contributed by atoms with E-state index in [1.807, 2.05) is 0 Å². The van der Waals surface area contributed by atoms with E-state index in [4.69, 9.17) is 0 Å².